The van der Waals surface area contributed by atoms with Crippen molar-refractivity contribution in [3.63, 3.8) is 0 Å². The predicted octanol–water partition coefficient (Wildman–Crippen LogP) is 4.64. The van der Waals surface area contributed by atoms with E-state index in [1.165, 1.54) is 0 Å². The van der Waals surface area contributed by atoms with E-state index in [1.807, 2.05) is 55.5 Å². The van der Waals surface area contributed by atoms with Crippen LogP contribution in [-0.4, -0.2) is 52.6 Å². The summed E-state index contributed by atoms with van der Waals surface area (Å²) in [5, 5.41) is 7.54. The maximum Gasteiger partial charge on any atom is 0.245 e. The Morgan fingerprint density at radius 1 is 1.26 bits per heavy atom. The van der Waals surface area contributed by atoms with Crippen LogP contribution in [0.3, 0.4) is 0 Å². The number of morpholine rings is 1. The van der Waals surface area contributed by atoms with Crippen molar-refractivity contribution < 1.29 is 9.13 Å². The van der Waals surface area contributed by atoms with Gasteiger partial charge < -0.3 is 15.0 Å². The average Bonchev–Trinajstić information content (AvgIpc) is 3.06. The quantitative estimate of drug-likeness (QED) is 0.444. The zero-order valence-electron chi connectivity index (χ0n) is 20.6. The third-order valence-corrected chi connectivity index (χ3v) is 5.71. The van der Waals surface area contributed by atoms with Crippen molar-refractivity contribution in [2.45, 2.75) is 39.5 Å². The minimum atomic E-state index is -1.31. The van der Waals surface area contributed by atoms with Gasteiger partial charge in [-0.15, -0.1) is 0 Å². The number of hydrazone groups is 1. The minimum absolute atomic E-state index is 0.169. The lowest BCUT2D eigenvalue weighted by molar-refractivity contribution is 0.0529. The summed E-state index contributed by atoms with van der Waals surface area (Å²) in [5.41, 5.74) is 4.83. The molecule has 35 heavy (non-hydrogen) atoms. The summed E-state index contributed by atoms with van der Waals surface area (Å²) in [5.74, 6) is 1.02. The molecule has 9 heteroatoms. The lowest BCUT2D eigenvalue weighted by Gasteiger charge is -2.32. The van der Waals surface area contributed by atoms with Crippen molar-refractivity contribution in [2.24, 2.45) is 11.0 Å². The fourth-order valence-corrected chi connectivity index (χ4v) is 3.82. The molecule has 1 aliphatic heterocycles. The SMILES string of the molecule is Cc1cc(N2CCOC(C)C2)nc(N/N=C/c2ccc(NC3=CC=CC(C(C)(C)F)C=C3)cn2)n1. The van der Waals surface area contributed by atoms with Crippen LogP contribution >= 0.6 is 0 Å². The van der Waals surface area contributed by atoms with Crippen molar-refractivity contribution in [3.05, 3.63) is 71.9 Å². The van der Waals surface area contributed by atoms with Gasteiger partial charge in [0.2, 0.25) is 5.95 Å². The summed E-state index contributed by atoms with van der Waals surface area (Å²) in [6.07, 6.45) is 12.9. The van der Waals surface area contributed by atoms with Gasteiger partial charge in [-0.25, -0.2) is 14.8 Å². The summed E-state index contributed by atoms with van der Waals surface area (Å²) in [6.45, 7) is 9.43. The van der Waals surface area contributed by atoms with Crippen LogP contribution < -0.4 is 15.6 Å². The maximum atomic E-state index is 14.2. The lowest BCUT2D eigenvalue weighted by Crippen LogP contribution is -2.41. The number of rotatable bonds is 7. The van der Waals surface area contributed by atoms with Gasteiger partial charge in [0.1, 0.15) is 11.5 Å². The average molecular weight is 478 g/mol. The van der Waals surface area contributed by atoms with E-state index in [-0.39, 0.29) is 12.0 Å². The summed E-state index contributed by atoms with van der Waals surface area (Å²) in [6, 6.07) is 5.73. The van der Waals surface area contributed by atoms with Crippen LogP contribution in [0.2, 0.25) is 0 Å². The number of aryl methyl sites for hydroxylation is 1. The van der Waals surface area contributed by atoms with E-state index < -0.39 is 5.67 Å². The molecule has 2 aromatic heterocycles. The smallest absolute Gasteiger partial charge is 0.245 e. The number of nitrogens with one attached hydrogen (secondary N) is 2. The fourth-order valence-electron chi connectivity index (χ4n) is 3.82. The van der Waals surface area contributed by atoms with Crippen molar-refractivity contribution in [3.8, 4) is 0 Å². The van der Waals surface area contributed by atoms with Gasteiger partial charge in [-0.3, -0.25) is 4.98 Å². The van der Waals surface area contributed by atoms with Gasteiger partial charge in [0, 0.05) is 36.5 Å². The number of nitrogens with zero attached hydrogens (tertiary/aromatic N) is 5. The molecule has 3 heterocycles. The van der Waals surface area contributed by atoms with E-state index in [9.17, 15) is 4.39 Å². The number of ether oxygens (including phenoxy) is 1. The Labute approximate surface area is 205 Å². The van der Waals surface area contributed by atoms with Crippen LogP contribution in [0.5, 0.6) is 0 Å². The van der Waals surface area contributed by atoms with Crippen molar-refractivity contribution in [1.82, 2.24) is 15.0 Å². The van der Waals surface area contributed by atoms with Crippen LogP contribution in [0.1, 0.15) is 32.2 Å². The summed E-state index contributed by atoms with van der Waals surface area (Å²) >= 11 is 0. The van der Waals surface area contributed by atoms with Crippen LogP contribution in [-0.2, 0) is 4.74 Å². The van der Waals surface area contributed by atoms with Gasteiger partial charge in [0.25, 0.3) is 0 Å². The molecular weight excluding hydrogens is 445 g/mol. The molecular formula is C26H32FN7O. The number of aromatic nitrogens is 3. The zero-order chi connectivity index (χ0) is 24.8. The van der Waals surface area contributed by atoms with Gasteiger partial charge in [0.15, 0.2) is 0 Å². The fraction of sp³-hybridized carbons (Fsp3) is 0.385. The van der Waals surface area contributed by atoms with Crippen LogP contribution in [0.4, 0.5) is 21.8 Å². The minimum Gasteiger partial charge on any atom is -0.375 e. The highest BCUT2D eigenvalue weighted by atomic mass is 19.1. The highest BCUT2D eigenvalue weighted by molar-refractivity contribution is 5.78. The second-order valence-corrected chi connectivity index (χ2v) is 9.24. The van der Waals surface area contributed by atoms with Crippen molar-refractivity contribution in [2.75, 3.05) is 35.3 Å². The van der Waals surface area contributed by atoms with Crippen molar-refractivity contribution in [1.29, 1.82) is 0 Å². The molecule has 0 amide bonds. The molecule has 2 aromatic rings. The van der Waals surface area contributed by atoms with Crippen LogP contribution in [0.15, 0.2) is 65.6 Å². The van der Waals surface area contributed by atoms with Gasteiger partial charge in [0.05, 0.1) is 36.5 Å². The third-order valence-electron chi connectivity index (χ3n) is 5.71. The second kappa shape index (κ2) is 10.8. The van der Waals surface area contributed by atoms with Gasteiger partial charge >= 0.3 is 0 Å². The lowest BCUT2D eigenvalue weighted by atomic mass is 9.92. The Bertz CT molecular complexity index is 1140. The van der Waals surface area contributed by atoms with E-state index in [0.717, 1.165) is 36.0 Å². The molecule has 1 fully saturated rings. The predicted molar refractivity (Wildman–Crippen MR) is 139 cm³/mol. The molecule has 0 bridgehead atoms. The molecule has 0 spiro atoms. The topological polar surface area (TPSA) is 87.6 Å². The Morgan fingerprint density at radius 2 is 2.11 bits per heavy atom. The van der Waals surface area contributed by atoms with Gasteiger partial charge in [-0.2, -0.15) is 10.1 Å². The number of hydrogen-bond donors (Lipinski definition) is 2. The molecule has 2 unspecified atom stereocenters. The highest BCUT2D eigenvalue weighted by Gasteiger charge is 2.25. The number of alkyl halides is 1. The largest absolute Gasteiger partial charge is 0.375 e. The Balaban J connectivity index is 1.35. The monoisotopic (exact) mass is 477 g/mol. The standard InChI is InChI=1S/C26H32FN7O/c1-18-14-24(34-12-13-35-19(2)17-34)32-25(30-18)33-29-16-22-10-11-23(15-28-22)31-21-7-5-6-20(8-9-21)26(3,4)27/h5-11,14-16,19-20,31H,12-13,17H2,1-4H3,(H,30,32,33)/b29-16+. The maximum absolute atomic E-state index is 14.2. The molecule has 0 saturated carbocycles. The normalized spacial score (nSPS) is 20.6. The Hall–Kier alpha value is -3.59. The Morgan fingerprint density at radius 3 is 2.86 bits per heavy atom. The highest BCUT2D eigenvalue weighted by Crippen LogP contribution is 2.26. The van der Waals surface area contributed by atoms with E-state index in [4.69, 9.17) is 4.74 Å². The molecule has 1 aliphatic carbocycles. The number of hydrogen-bond acceptors (Lipinski definition) is 8. The Kier molecular flexibility index (Phi) is 7.55. The first-order valence-corrected chi connectivity index (χ1v) is 11.8. The molecule has 0 aromatic carbocycles. The molecule has 184 valence electrons. The number of anilines is 3. The molecule has 8 nitrogen and oxygen atoms in total. The first-order chi connectivity index (χ1) is 16.8. The first-order valence-electron chi connectivity index (χ1n) is 11.8. The second-order valence-electron chi connectivity index (χ2n) is 9.24. The number of pyridine rings is 1. The molecule has 1 saturated heterocycles. The molecule has 2 N–H and O–H groups in total. The van der Waals surface area contributed by atoms with Crippen LogP contribution in [0, 0.1) is 12.8 Å². The van der Waals surface area contributed by atoms with E-state index in [2.05, 4.69) is 42.6 Å². The van der Waals surface area contributed by atoms with Gasteiger partial charge in [-0.05, 0) is 52.0 Å². The van der Waals surface area contributed by atoms with Crippen LogP contribution in [0.25, 0.3) is 0 Å². The summed E-state index contributed by atoms with van der Waals surface area (Å²) in [4.78, 5) is 15.6. The number of allylic oxidation sites excluding steroid dienone is 5. The zero-order valence-corrected chi connectivity index (χ0v) is 20.6. The summed E-state index contributed by atoms with van der Waals surface area (Å²) in [7, 11) is 0. The first kappa shape index (κ1) is 24.5. The molecule has 4 rings (SSSR count). The van der Waals surface area contributed by atoms with E-state index in [0.29, 0.717) is 18.2 Å². The van der Waals surface area contributed by atoms with Crippen molar-refractivity contribution >= 4 is 23.7 Å². The van der Waals surface area contributed by atoms with E-state index >= 15 is 0 Å². The molecule has 2 atom stereocenters. The summed E-state index contributed by atoms with van der Waals surface area (Å²) < 4.78 is 19.8. The third kappa shape index (κ3) is 6.95. The van der Waals surface area contributed by atoms with E-state index in [1.54, 1.807) is 26.3 Å². The molecule has 0 radical (unpaired) electrons. The molecule has 2 aliphatic rings. The van der Waals surface area contributed by atoms with Gasteiger partial charge in [-0.1, -0.05) is 18.2 Å². The number of halogens is 1.